The number of hydrogen-bond acceptors (Lipinski definition) is 3. The van der Waals surface area contributed by atoms with Gasteiger partial charge in [-0.2, -0.15) is 0 Å². The highest BCUT2D eigenvalue weighted by atomic mass is 35.5. The van der Waals surface area contributed by atoms with Gasteiger partial charge in [0.15, 0.2) is 0 Å². The molecule has 3 amide bonds. The van der Waals surface area contributed by atoms with E-state index in [1.165, 1.54) is 4.90 Å². The lowest BCUT2D eigenvalue weighted by Gasteiger charge is -2.37. The molecule has 1 aromatic rings. The van der Waals surface area contributed by atoms with Crippen LogP contribution in [0.2, 0.25) is 10.0 Å². The zero-order chi connectivity index (χ0) is 19.0. The highest BCUT2D eigenvalue weighted by Gasteiger charge is 2.67. The lowest BCUT2D eigenvalue weighted by atomic mass is 9.63. The summed E-state index contributed by atoms with van der Waals surface area (Å²) in [5.74, 6) is -0.135. The predicted molar refractivity (Wildman–Crippen MR) is 101 cm³/mol. The minimum absolute atomic E-state index is 0.143. The van der Waals surface area contributed by atoms with Crippen LogP contribution in [-0.4, -0.2) is 28.7 Å². The number of imide groups is 1. The van der Waals surface area contributed by atoms with Crippen molar-refractivity contribution in [2.45, 2.75) is 19.4 Å². The van der Waals surface area contributed by atoms with Crippen molar-refractivity contribution >= 4 is 46.6 Å². The summed E-state index contributed by atoms with van der Waals surface area (Å²) in [4.78, 5) is 40.0. The lowest BCUT2D eigenvalue weighted by Crippen LogP contribution is -2.46. The summed E-state index contributed by atoms with van der Waals surface area (Å²) in [7, 11) is 0. The Labute approximate surface area is 166 Å². The van der Waals surface area contributed by atoms with E-state index in [1.54, 1.807) is 25.1 Å². The van der Waals surface area contributed by atoms with Crippen molar-refractivity contribution in [1.82, 2.24) is 4.90 Å². The van der Waals surface area contributed by atoms with Gasteiger partial charge < -0.3 is 5.32 Å². The fraction of sp³-hybridized carbons (Fsp3) is 0.450. The monoisotopic (exact) mass is 404 g/mol. The van der Waals surface area contributed by atoms with Crippen molar-refractivity contribution in [3.8, 4) is 0 Å². The zero-order valence-electron chi connectivity index (χ0n) is 14.6. The molecule has 6 rings (SSSR count). The normalized spacial score (nSPS) is 36.5. The molecule has 5 nitrogen and oxygen atoms in total. The standard InChI is InChI=1S/C20H18Cl2N2O3/c1-8(18(25)23-15-6-9(21)2-5-14(15)22)24-19(26)16-10-3-4-11(13-7-12(10)13)17(16)20(24)27/h2-6,8,10-13,16-17H,7H2,1H3,(H,23,25)/t8-,10+,11+,12+,13+,16-,17+/m0/s1. The Balaban J connectivity index is 1.39. The largest absolute Gasteiger partial charge is 0.323 e. The first-order chi connectivity index (χ1) is 12.9. The van der Waals surface area contributed by atoms with E-state index in [0.29, 0.717) is 27.6 Å². The first-order valence-electron chi connectivity index (χ1n) is 9.19. The third-order valence-corrected chi connectivity index (χ3v) is 7.21. The van der Waals surface area contributed by atoms with Gasteiger partial charge in [0.2, 0.25) is 17.7 Å². The third-order valence-electron chi connectivity index (χ3n) is 6.65. The number of halogens is 2. The molecule has 1 heterocycles. The van der Waals surface area contributed by atoms with Crippen LogP contribution in [0.1, 0.15) is 13.3 Å². The number of rotatable bonds is 3. The number of nitrogens with zero attached hydrogens (tertiary/aromatic N) is 1. The highest BCUT2D eigenvalue weighted by molar-refractivity contribution is 6.35. The quantitative estimate of drug-likeness (QED) is 0.620. The van der Waals surface area contributed by atoms with Crippen molar-refractivity contribution in [2.75, 3.05) is 5.32 Å². The molecule has 5 aliphatic rings. The van der Waals surface area contributed by atoms with Gasteiger partial charge in [-0.15, -0.1) is 0 Å². The van der Waals surface area contributed by atoms with E-state index in [-0.39, 0.29) is 35.5 Å². The van der Waals surface area contributed by atoms with Gasteiger partial charge in [-0.05, 0) is 55.2 Å². The van der Waals surface area contributed by atoms with Gasteiger partial charge in [0.25, 0.3) is 0 Å². The number of allylic oxidation sites excluding steroid dienone is 2. The molecule has 0 aromatic heterocycles. The lowest BCUT2D eigenvalue weighted by molar-refractivity contribution is -0.146. The molecular formula is C20H18Cl2N2O3. The molecule has 1 aromatic carbocycles. The van der Waals surface area contributed by atoms with Gasteiger partial charge in [0.05, 0.1) is 22.5 Å². The van der Waals surface area contributed by atoms with Gasteiger partial charge in [0.1, 0.15) is 6.04 Å². The average molecular weight is 405 g/mol. The molecule has 2 bridgehead atoms. The fourth-order valence-electron chi connectivity index (χ4n) is 5.31. The van der Waals surface area contributed by atoms with Crippen LogP contribution >= 0.6 is 23.2 Å². The van der Waals surface area contributed by atoms with Crippen LogP contribution in [0.4, 0.5) is 5.69 Å². The smallest absolute Gasteiger partial charge is 0.247 e. The molecule has 27 heavy (non-hydrogen) atoms. The summed E-state index contributed by atoms with van der Waals surface area (Å²) < 4.78 is 0. The number of benzene rings is 1. The number of carbonyl (C=O) groups is 3. The van der Waals surface area contributed by atoms with Crippen LogP contribution < -0.4 is 5.32 Å². The fourth-order valence-corrected chi connectivity index (χ4v) is 5.65. The Hall–Kier alpha value is -1.85. The second kappa shape index (κ2) is 5.82. The van der Waals surface area contributed by atoms with Crippen LogP contribution in [0.25, 0.3) is 0 Å². The molecule has 140 valence electrons. The van der Waals surface area contributed by atoms with E-state index in [0.717, 1.165) is 6.42 Å². The maximum absolute atomic E-state index is 13.1. The van der Waals surface area contributed by atoms with Crippen molar-refractivity contribution < 1.29 is 14.4 Å². The van der Waals surface area contributed by atoms with E-state index in [4.69, 9.17) is 23.2 Å². The molecular weight excluding hydrogens is 387 g/mol. The molecule has 0 radical (unpaired) electrons. The molecule has 0 spiro atoms. The number of anilines is 1. The van der Waals surface area contributed by atoms with Gasteiger partial charge in [-0.25, -0.2) is 0 Å². The number of carbonyl (C=O) groups excluding carboxylic acids is 3. The molecule has 2 saturated carbocycles. The van der Waals surface area contributed by atoms with Crippen LogP contribution in [0.5, 0.6) is 0 Å². The third kappa shape index (κ3) is 2.41. The van der Waals surface area contributed by atoms with Crippen molar-refractivity contribution in [2.24, 2.45) is 35.5 Å². The summed E-state index contributed by atoms with van der Waals surface area (Å²) in [5, 5.41) is 3.47. The molecule has 1 aliphatic heterocycles. The molecule has 1 N–H and O–H groups in total. The number of hydrogen-bond donors (Lipinski definition) is 1. The minimum atomic E-state index is -0.902. The average Bonchev–Trinajstić information content (AvgIpc) is 3.42. The van der Waals surface area contributed by atoms with E-state index in [9.17, 15) is 14.4 Å². The molecule has 3 fully saturated rings. The molecule has 1 saturated heterocycles. The van der Waals surface area contributed by atoms with E-state index >= 15 is 0 Å². The summed E-state index contributed by atoms with van der Waals surface area (Å²) >= 11 is 12.1. The summed E-state index contributed by atoms with van der Waals surface area (Å²) in [6, 6.07) is 3.84. The summed E-state index contributed by atoms with van der Waals surface area (Å²) in [6.45, 7) is 1.58. The SMILES string of the molecule is C[C@@H](C(=O)Nc1cc(Cl)ccc1Cl)N1C(=O)[C@@H]2[C@@H]3C=C[C@H]([C@H]4C[C@H]34)[C@@H]2C1=O. The molecule has 4 aliphatic carbocycles. The van der Waals surface area contributed by atoms with Crippen LogP contribution in [0, 0.1) is 35.5 Å². The number of amides is 3. The van der Waals surface area contributed by atoms with Crippen molar-refractivity contribution in [3.05, 3.63) is 40.4 Å². The minimum Gasteiger partial charge on any atom is -0.323 e. The van der Waals surface area contributed by atoms with Gasteiger partial charge in [0, 0.05) is 5.02 Å². The maximum atomic E-state index is 13.1. The van der Waals surface area contributed by atoms with Crippen LogP contribution in [0.3, 0.4) is 0 Å². The van der Waals surface area contributed by atoms with Crippen LogP contribution in [0.15, 0.2) is 30.4 Å². The van der Waals surface area contributed by atoms with E-state index in [1.807, 2.05) is 0 Å². The number of nitrogens with one attached hydrogen (secondary N) is 1. The Morgan fingerprint density at radius 1 is 1.11 bits per heavy atom. The Bertz CT molecular complexity index is 878. The van der Waals surface area contributed by atoms with Crippen molar-refractivity contribution in [3.63, 3.8) is 0 Å². The molecule has 0 unspecified atom stereocenters. The van der Waals surface area contributed by atoms with Gasteiger partial charge in [-0.3, -0.25) is 19.3 Å². The second-order valence-electron chi connectivity index (χ2n) is 7.99. The highest BCUT2D eigenvalue weighted by Crippen LogP contribution is 2.65. The predicted octanol–water partition coefficient (Wildman–Crippen LogP) is 3.37. The Morgan fingerprint density at radius 2 is 1.70 bits per heavy atom. The van der Waals surface area contributed by atoms with Crippen molar-refractivity contribution in [1.29, 1.82) is 0 Å². The first kappa shape index (κ1) is 17.3. The summed E-state index contributed by atoms with van der Waals surface area (Å²) in [6.07, 6.45) is 5.34. The van der Waals surface area contributed by atoms with Crippen LogP contribution in [-0.2, 0) is 14.4 Å². The van der Waals surface area contributed by atoms with E-state index < -0.39 is 11.9 Å². The van der Waals surface area contributed by atoms with Gasteiger partial charge >= 0.3 is 0 Å². The zero-order valence-corrected chi connectivity index (χ0v) is 16.1. The Kier molecular flexibility index (Phi) is 3.72. The molecule has 7 atom stereocenters. The maximum Gasteiger partial charge on any atom is 0.247 e. The van der Waals surface area contributed by atoms with E-state index in [2.05, 4.69) is 17.5 Å². The summed E-state index contributed by atoms with van der Waals surface area (Å²) in [5.41, 5.74) is 0.362. The topological polar surface area (TPSA) is 66.5 Å². The second-order valence-corrected chi connectivity index (χ2v) is 8.83. The molecule has 7 heteroatoms. The first-order valence-corrected chi connectivity index (χ1v) is 9.95. The number of likely N-dealkylation sites (tertiary alicyclic amines) is 1. The van der Waals surface area contributed by atoms with Gasteiger partial charge in [-0.1, -0.05) is 35.4 Å². The Morgan fingerprint density at radius 3 is 2.30 bits per heavy atom.